The van der Waals surface area contributed by atoms with Crippen molar-refractivity contribution < 1.29 is 42.9 Å². The summed E-state index contributed by atoms with van der Waals surface area (Å²) in [4.78, 5) is 37.8. The Morgan fingerprint density at radius 2 is 0.505 bits per heavy atom. The van der Waals surface area contributed by atoms with Crippen molar-refractivity contribution in [3.8, 4) is 0 Å². The van der Waals surface area contributed by atoms with Crippen molar-refractivity contribution in [2.45, 2.75) is 360 Å². The van der Waals surface area contributed by atoms with Gasteiger partial charge >= 0.3 is 17.9 Å². The van der Waals surface area contributed by atoms with Gasteiger partial charge in [0.15, 0.2) is 6.10 Å². The number of quaternary nitrogens is 1. The SMILES string of the molecule is CC/C=C\C/C=C\C/C=C\C/C=C\C/C=C\C/C=C\C/C=C\C/C=C\C/C=C\C/C=C\CCCCCCCCCCCCC(=O)OC(COC(=O)CCCCCCCCCCCCCCCCCCCCCCCC/C=C\C/C=C\C/C=C\C/C=C\C/C=C\C/C=C\CC)COC(OCC[N+](C)(C)C)C(=O)O. The second-order valence-electron chi connectivity index (χ2n) is 29.7. The summed E-state index contributed by atoms with van der Waals surface area (Å²) in [7, 11) is 5.98. The van der Waals surface area contributed by atoms with Crippen LogP contribution in [0, 0.1) is 0 Å². The van der Waals surface area contributed by atoms with E-state index >= 15 is 0 Å². The summed E-state index contributed by atoms with van der Waals surface area (Å²) in [5.41, 5.74) is 0. The highest BCUT2D eigenvalue weighted by Gasteiger charge is 2.25. The Kier molecular flexibility index (Phi) is 81.0. The molecule has 9 nitrogen and oxygen atoms in total. The molecular weight excluding hydrogens is 1320 g/mol. The molecule has 606 valence electrons. The lowest BCUT2D eigenvalue weighted by Crippen LogP contribution is -2.40. The summed E-state index contributed by atoms with van der Waals surface area (Å²) in [5, 5.41) is 9.79. The van der Waals surface area contributed by atoms with E-state index in [2.05, 4.69) is 208 Å². The molecule has 2 atom stereocenters. The fraction of sp³-hybridized carbons (Fsp3) is 0.643. The Labute approximate surface area is 659 Å². The summed E-state index contributed by atoms with van der Waals surface area (Å²) in [6.45, 7) is 4.66. The maximum absolute atomic E-state index is 13.0. The molecule has 0 heterocycles. The summed E-state index contributed by atoms with van der Waals surface area (Å²) in [5.74, 6) is -2.01. The Bertz CT molecular complexity index is 2480. The first kappa shape index (κ1) is 101. The zero-order valence-corrected chi connectivity index (χ0v) is 69.5. The first-order valence-corrected chi connectivity index (χ1v) is 43.6. The second kappa shape index (κ2) is 85.7. The van der Waals surface area contributed by atoms with Gasteiger partial charge in [-0.1, -0.05) is 388 Å². The Morgan fingerprint density at radius 3 is 0.748 bits per heavy atom. The van der Waals surface area contributed by atoms with Crippen molar-refractivity contribution in [2.75, 3.05) is 47.5 Å². The molecule has 0 aliphatic carbocycles. The van der Waals surface area contributed by atoms with Gasteiger partial charge in [-0.15, -0.1) is 0 Å². The predicted octanol–water partition coefficient (Wildman–Crippen LogP) is 28.8. The molecule has 0 radical (unpaired) electrons. The molecule has 0 bridgehead atoms. The van der Waals surface area contributed by atoms with Crippen LogP contribution in [0.2, 0.25) is 0 Å². The average molecular weight is 1480 g/mol. The van der Waals surface area contributed by atoms with Crippen LogP contribution >= 0.6 is 0 Å². The topological polar surface area (TPSA) is 108 Å². The zero-order valence-electron chi connectivity index (χ0n) is 69.5. The molecule has 0 aromatic rings. The second-order valence-corrected chi connectivity index (χ2v) is 29.7. The first-order chi connectivity index (χ1) is 52.6. The molecule has 0 rings (SSSR count). The van der Waals surface area contributed by atoms with E-state index in [-0.39, 0.29) is 32.2 Å². The van der Waals surface area contributed by atoms with Gasteiger partial charge in [0.1, 0.15) is 13.2 Å². The van der Waals surface area contributed by atoms with E-state index in [0.29, 0.717) is 23.9 Å². The predicted molar refractivity (Wildman–Crippen MR) is 465 cm³/mol. The number of hydrogen-bond acceptors (Lipinski definition) is 7. The van der Waals surface area contributed by atoms with Crippen LogP contribution in [0.3, 0.4) is 0 Å². The van der Waals surface area contributed by atoms with Crippen molar-refractivity contribution in [3.05, 3.63) is 194 Å². The number of unbranched alkanes of at least 4 members (excludes halogenated alkanes) is 32. The number of carboxylic acid groups (broad SMARTS) is 1. The molecule has 0 fully saturated rings. The van der Waals surface area contributed by atoms with Gasteiger partial charge in [-0.2, -0.15) is 0 Å². The molecule has 1 N–H and O–H groups in total. The van der Waals surface area contributed by atoms with Crippen molar-refractivity contribution >= 4 is 17.9 Å². The number of hydrogen-bond donors (Lipinski definition) is 1. The Morgan fingerprint density at radius 1 is 0.280 bits per heavy atom. The lowest BCUT2D eigenvalue weighted by molar-refractivity contribution is -0.870. The van der Waals surface area contributed by atoms with Crippen LogP contribution in [-0.2, 0) is 33.3 Å². The Balaban J connectivity index is 4.04. The van der Waals surface area contributed by atoms with Crippen LogP contribution in [0.4, 0.5) is 0 Å². The van der Waals surface area contributed by atoms with Crippen LogP contribution in [0.25, 0.3) is 0 Å². The molecule has 0 aliphatic heterocycles. The lowest BCUT2D eigenvalue weighted by Gasteiger charge is -2.25. The fourth-order valence-electron chi connectivity index (χ4n) is 11.8. The minimum absolute atomic E-state index is 0.180. The highest BCUT2D eigenvalue weighted by Crippen LogP contribution is 2.18. The molecule has 0 aliphatic rings. The fourth-order valence-corrected chi connectivity index (χ4v) is 11.8. The van der Waals surface area contributed by atoms with Crippen molar-refractivity contribution in [2.24, 2.45) is 0 Å². The van der Waals surface area contributed by atoms with E-state index in [0.717, 1.165) is 148 Å². The minimum atomic E-state index is -1.52. The number of likely N-dealkylation sites (N-methyl/N-ethyl adjacent to an activating group) is 1. The molecule has 9 heteroatoms. The number of carboxylic acids is 1. The number of carbonyl (C=O) groups excluding carboxylic acids is 2. The lowest BCUT2D eigenvalue weighted by atomic mass is 10.0. The van der Waals surface area contributed by atoms with E-state index in [1.165, 1.54) is 167 Å². The highest BCUT2D eigenvalue weighted by molar-refractivity contribution is 5.71. The van der Waals surface area contributed by atoms with E-state index in [4.69, 9.17) is 18.9 Å². The van der Waals surface area contributed by atoms with Crippen molar-refractivity contribution in [1.82, 2.24) is 0 Å². The van der Waals surface area contributed by atoms with Gasteiger partial charge in [0.25, 0.3) is 6.29 Å². The zero-order chi connectivity index (χ0) is 77.4. The molecule has 0 amide bonds. The number of nitrogens with zero attached hydrogens (tertiary/aromatic N) is 1. The quantitative estimate of drug-likeness (QED) is 0.0211. The number of ether oxygens (including phenoxy) is 4. The third-order valence-corrected chi connectivity index (χ3v) is 18.3. The number of carbonyl (C=O) groups is 3. The standard InChI is InChI=1S/C98H161NO8/c1-6-8-10-12-14-16-18-20-22-24-26-28-30-32-34-36-38-40-42-44-46-48-50-52-54-56-58-60-62-64-66-68-70-72-74-76-78-80-82-84-86-88-95(100)105-92-94(93-106-98(97(102)103)104-91-90-99(3,4)5)107-96(101)89-87-85-83-81-79-77-75-73-71-69-67-65-63-61-59-57-55-53-51-49-47-45-43-41-39-37-35-33-31-29-27-25-23-21-19-17-15-13-11-9-7-2/h8-11,14-17,20-23,26-29,32-35,38-41,45,47,51,53,57,59,63,65,94,98H,6-7,12-13,18-19,24-25,30-31,36-37,42-44,46,48-50,52,54-56,58,60-62,64,66-93H2,1-5H3/p+1/b10-8-,11-9-,16-14-,17-15-,22-20-,23-21-,28-26-,29-27-,34-32-,35-33-,40-38-,41-39-,47-45-,53-51-,59-57-,65-63-. The van der Waals surface area contributed by atoms with Crippen LogP contribution in [0.5, 0.6) is 0 Å². The minimum Gasteiger partial charge on any atom is -0.477 e. The van der Waals surface area contributed by atoms with Crippen LogP contribution in [0.15, 0.2) is 194 Å². The van der Waals surface area contributed by atoms with Crippen LogP contribution < -0.4 is 0 Å². The van der Waals surface area contributed by atoms with Gasteiger partial charge in [0.2, 0.25) is 0 Å². The average Bonchev–Trinajstić information content (AvgIpc) is 0.965. The third kappa shape index (κ3) is 87.2. The molecule has 0 saturated carbocycles. The monoisotopic (exact) mass is 1480 g/mol. The number of aliphatic carboxylic acids is 1. The summed E-state index contributed by atoms with van der Waals surface area (Å²) >= 11 is 0. The summed E-state index contributed by atoms with van der Waals surface area (Å²) in [6, 6.07) is 0. The number of rotatable bonds is 79. The maximum Gasteiger partial charge on any atom is 0.361 e. The van der Waals surface area contributed by atoms with Crippen molar-refractivity contribution in [1.29, 1.82) is 0 Å². The Hall–Kier alpha value is -5.87. The van der Waals surface area contributed by atoms with E-state index < -0.39 is 24.3 Å². The number of esters is 2. The normalized spacial score (nSPS) is 13.6. The van der Waals surface area contributed by atoms with Gasteiger partial charge in [0.05, 0.1) is 34.4 Å². The molecule has 2 unspecified atom stereocenters. The van der Waals surface area contributed by atoms with E-state index in [9.17, 15) is 19.5 Å². The van der Waals surface area contributed by atoms with Gasteiger partial charge in [0, 0.05) is 12.8 Å². The largest absolute Gasteiger partial charge is 0.477 e. The maximum atomic E-state index is 13.0. The van der Waals surface area contributed by atoms with Gasteiger partial charge in [-0.25, -0.2) is 4.79 Å². The van der Waals surface area contributed by atoms with Crippen LogP contribution in [-0.4, -0.2) is 87.4 Å². The third-order valence-electron chi connectivity index (χ3n) is 18.3. The van der Waals surface area contributed by atoms with Gasteiger partial charge in [-0.05, 0) is 141 Å². The van der Waals surface area contributed by atoms with Crippen molar-refractivity contribution in [3.63, 3.8) is 0 Å². The van der Waals surface area contributed by atoms with E-state index in [1.807, 2.05) is 21.1 Å². The van der Waals surface area contributed by atoms with E-state index in [1.54, 1.807) is 0 Å². The van der Waals surface area contributed by atoms with Gasteiger partial charge < -0.3 is 28.5 Å². The summed E-state index contributed by atoms with van der Waals surface area (Å²) in [6.07, 6.45) is 129. The number of allylic oxidation sites excluding steroid dienone is 32. The molecule has 0 spiro atoms. The highest BCUT2D eigenvalue weighted by atomic mass is 16.7. The van der Waals surface area contributed by atoms with Gasteiger partial charge in [-0.3, -0.25) is 9.59 Å². The smallest absolute Gasteiger partial charge is 0.361 e. The van der Waals surface area contributed by atoms with Crippen LogP contribution in [0.1, 0.15) is 348 Å². The molecule has 0 aromatic heterocycles. The molecular formula is C98H162NO8+. The summed E-state index contributed by atoms with van der Waals surface area (Å²) < 4.78 is 23.1. The first-order valence-electron chi connectivity index (χ1n) is 43.6. The molecule has 107 heavy (non-hydrogen) atoms. The molecule has 0 saturated heterocycles. The molecule has 0 aromatic carbocycles.